The summed E-state index contributed by atoms with van der Waals surface area (Å²) in [5.41, 5.74) is 15.7. The maximum atomic E-state index is 13.1. The van der Waals surface area contributed by atoms with E-state index in [1.807, 2.05) is 22.7 Å². The fourth-order valence-electron chi connectivity index (χ4n) is 14.6. The Morgan fingerprint density at radius 2 is 0.702 bits per heavy atom. The van der Waals surface area contributed by atoms with Gasteiger partial charge < -0.3 is 18.3 Å². The quantitative estimate of drug-likeness (QED) is 0.157. The van der Waals surface area contributed by atoms with Crippen molar-refractivity contribution in [2.45, 2.75) is 20.3 Å². The van der Waals surface area contributed by atoms with Gasteiger partial charge in [0.2, 0.25) is 0 Å². The van der Waals surface area contributed by atoms with Gasteiger partial charge in [-0.2, -0.15) is 5.26 Å². The number of rotatable bonds is 7. The fraction of sp³-hybridized carbons (Fsp3) is 0.0519. The van der Waals surface area contributed by atoms with Crippen LogP contribution in [0.3, 0.4) is 0 Å². The summed E-state index contributed by atoms with van der Waals surface area (Å²) in [6, 6.07) is 92.6. The second-order valence-electron chi connectivity index (χ2n) is 22.9. The zero-order valence-corrected chi connectivity index (χ0v) is 47.6. The summed E-state index contributed by atoms with van der Waals surface area (Å²) in [4.78, 5) is 0. The highest BCUT2D eigenvalue weighted by Crippen LogP contribution is 2.54. The molecule has 84 heavy (non-hydrogen) atoms. The highest BCUT2D eigenvalue weighted by molar-refractivity contribution is 7.27. The van der Waals surface area contributed by atoms with Crippen molar-refractivity contribution in [3.63, 3.8) is 0 Å². The fourth-order valence-corrected chi connectivity index (χ4v) is 17.1. The van der Waals surface area contributed by atoms with Gasteiger partial charge in [0, 0.05) is 89.0 Å². The number of thiophene rings is 2. The van der Waals surface area contributed by atoms with Gasteiger partial charge in [-0.15, -0.1) is 22.7 Å². The van der Waals surface area contributed by atoms with Gasteiger partial charge in [-0.05, 0) is 84.1 Å². The predicted octanol–water partition coefficient (Wildman–Crippen LogP) is 21.5. The van der Waals surface area contributed by atoms with Gasteiger partial charge in [0.05, 0.1) is 66.9 Å². The second-order valence-corrected chi connectivity index (χ2v) is 25.0. The van der Waals surface area contributed by atoms with Crippen LogP contribution in [0, 0.1) is 17.2 Å². The van der Waals surface area contributed by atoms with Crippen LogP contribution >= 0.6 is 22.7 Å². The number of nitrogens with zero attached hydrogens (tertiary/aromatic N) is 5. The summed E-state index contributed by atoms with van der Waals surface area (Å²) in [7, 11) is 0. The number of aromatic nitrogens is 4. The number of nitriles is 1. The predicted molar refractivity (Wildman–Crippen MR) is 358 cm³/mol. The van der Waals surface area contributed by atoms with E-state index in [2.05, 4.69) is 281 Å². The first-order valence-electron chi connectivity index (χ1n) is 28.9. The number of hydrogen-bond acceptors (Lipinski definition) is 3. The average molecular weight is 1110 g/mol. The maximum absolute atomic E-state index is 13.1. The Morgan fingerprint density at radius 3 is 1.11 bits per heavy atom. The van der Waals surface area contributed by atoms with E-state index in [1.54, 1.807) is 0 Å². The van der Waals surface area contributed by atoms with Crippen LogP contribution in [0.15, 0.2) is 243 Å². The van der Waals surface area contributed by atoms with Crippen LogP contribution in [-0.2, 0) is 6.42 Å². The van der Waals surface area contributed by atoms with E-state index >= 15 is 0 Å². The third-order valence-electron chi connectivity index (χ3n) is 17.8. The van der Waals surface area contributed by atoms with Crippen LogP contribution in [-0.4, -0.2) is 18.3 Å². The van der Waals surface area contributed by atoms with E-state index in [-0.39, 0.29) is 0 Å². The molecule has 18 aromatic rings. The topological polar surface area (TPSA) is 43.5 Å². The molecule has 12 aromatic carbocycles. The molecule has 7 heteroatoms. The monoisotopic (exact) mass is 1110 g/mol. The third kappa shape index (κ3) is 6.47. The molecular weight excluding hydrogens is 1060 g/mol. The van der Waals surface area contributed by atoms with Crippen LogP contribution < -0.4 is 0 Å². The van der Waals surface area contributed by atoms with Gasteiger partial charge in [0.1, 0.15) is 11.6 Å². The Bertz CT molecular complexity index is 5470. The molecular formula is C77H49N5S2. The summed E-state index contributed by atoms with van der Waals surface area (Å²) in [5.74, 6) is 0.406. The molecule has 0 aliphatic heterocycles. The lowest BCUT2D eigenvalue weighted by molar-refractivity contribution is 0.647. The molecule has 0 saturated heterocycles. The van der Waals surface area contributed by atoms with Gasteiger partial charge >= 0.3 is 0 Å². The first-order valence-corrected chi connectivity index (χ1v) is 30.5. The van der Waals surface area contributed by atoms with Gasteiger partial charge in [-0.1, -0.05) is 196 Å². The standard InChI is InChI=1S/C77H49N5S2/c1-45(2)42-46-20-19-21-47(43-46)69-74(81-63-34-15-7-28-56(63)70-65(81)40-38-54-52-26-9-17-36-67(52)83-76(54)70)72(79-59-30-11-3-22-48(59)49-23-4-12-31-60(49)79)58(44-78)73(80-61-32-13-5-24-50(61)51-25-6-14-33-62(51)80)75(69)82-64-35-16-8-29-57(64)71-66(82)41-39-55-53-27-10-18-37-68(53)84-77(55)71/h3-41,43,45H,42H2,1-2H3. The summed E-state index contributed by atoms with van der Waals surface area (Å²) >= 11 is 3.74. The lowest BCUT2D eigenvalue weighted by Crippen LogP contribution is -2.16. The van der Waals surface area contributed by atoms with Crippen LogP contribution in [0.2, 0.25) is 0 Å². The van der Waals surface area contributed by atoms with E-state index in [9.17, 15) is 5.26 Å². The summed E-state index contributed by atoms with van der Waals surface area (Å²) < 4.78 is 15.0. The van der Waals surface area contributed by atoms with E-state index < -0.39 is 0 Å². The van der Waals surface area contributed by atoms with Crippen molar-refractivity contribution in [3.8, 4) is 39.9 Å². The molecule has 0 N–H and O–H groups in total. The highest BCUT2D eigenvalue weighted by atomic mass is 32.1. The Balaban J connectivity index is 1.18. The number of fused-ring (bicyclic) bond motifs is 20. The molecule has 0 spiro atoms. The van der Waals surface area contributed by atoms with Gasteiger partial charge in [-0.25, -0.2) is 0 Å². The maximum Gasteiger partial charge on any atom is 0.104 e. The Morgan fingerprint density at radius 1 is 0.345 bits per heavy atom. The van der Waals surface area contributed by atoms with E-state index in [1.165, 1.54) is 56.7 Å². The van der Waals surface area contributed by atoms with E-state index in [4.69, 9.17) is 0 Å². The van der Waals surface area contributed by atoms with Crippen LogP contribution in [0.5, 0.6) is 0 Å². The minimum atomic E-state index is 0.406. The molecule has 0 bridgehead atoms. The van der Waals surface area contributed by atoms with Crippen molar-refractivity contribution in [2.24, 2.45) is 5.92 Å². The number of para-hydroxylation sites is 6. The average Bonchev–Trinajstić information content (AvgIpc) is 1.52. The lowest BCUT2D eigenvalue weighted by Gasteiger charge is -2.29. The summed E-state index contributed by atoms with van der Waals surface area (Å²) in [6.45, 7) is 4.62. The first kappa shape index (κ1) is 47.4. The molecule has 0 radical (unpaired) electrons. The number of benzene rings is 12. The van der Waals surface area contributed by atoms with Crippen molar-refractivity contribution < 1.29 is 0 Å². The van der Waals surface area contributed by atoms with Crippen LogP contribution in [0.25, 0.3) is 161 Å². The summed E-state index contributed by atoms with van der Waals surface area (Å²) in [5, 5.41) is 27.3. The zero-order valence-electron chi connectivity index (χ0n) is 45.9. The minimum Gasteiger partial charge on any atom is -0.306 e. The van der Waals surface area contributed by atoms with Crippen molar-refractivity contribution in [1.82, 2.24) is 18.3 Å². The molecule has 0 saturated carbocycles. The molecule has 0 atom stereocenters. The molecule has 18 rings (SSSR count). The molecule has 394 valence electrons. The first-order chi connectivity index (χ1) is 41.5. The smallest absolute Gasteiger partial charge is 0.104 e. The second kappa shape index (κ2) is 17.9. The molecule has 0 amide bonds. The Labute approximate surface area is 490 Å². The Hall–Kier alpha value is -10.2. The minimum absolute atomic E-state index is 0.406. The number of hydrogen-bond donors (Lipinski definition) is 0. The molecule has 0 aliphatic carbocycles. The SMILES string of the molecule is CC(C)Cc1cccc(-c2c(-n3c4ccccc4c4c5sc6ccccc6c5ccc43)c(-n3c4ccccc4c4ccccc43)c(C#N)c(-n3c4ccccc4c4ccccc43)c2-n2c3ccccc3c3c4sc5ccccc5c4ccc32)c1. The van der Waals surface area contributed by atoms with E-state index in [0.717, 1.165) is 117 Å². The Kier molecular flexibility index (Phi) is 10.1. The van der Waals surface area contributed by atoms with Crippen LogP contribution in [0.1, 0.15) is 25.0 Å². The molecule has 0 fully saturated rings. The largest absolute Gasteiger partial charge is 0.306 e. The van der Waals surface area contributed by atoms with Crippen molar-refractivity contribution >= 4 is 150 Å². The van der Waals surface area contributed by atoms with Gasteiger partial charge in [0.15, 0.2) is 0 Å². The highest BCUT2D eigenvalue weighted by Gasteiger charge is 2.36. The molecule has 0 unspecified atom stereocenters. The van der Waals surface area contributed by atoms with Gasteiger partial charge in [-0.3, -0.25) is 0 Å². The molecule has 0 aliphatic rings. The van der Waals surface area contributed by atoms with Crippen molar-refractivity contribution in [3.05, 3.63) is 254 Å². The van der Waals surface area contributed by atoms with Crippen molar-refractivity contribution in [1.29, 1.82) is 5.26 Å². The van der Waals surface area contributed by atoms with Crippen LogP contribution in [0.4, 0.5) is 0 Å². The molecule has 6 aromatic heterocycles. The zero-order chi connectivity index (χ0) is 55.5. The molecule has 5 nitrogen and oxygen atoms in total. The lowest BCUT2D eigenvalue weighted by atomic mass is 9.91. The normalized spacial score (nSPS) is 12.3. The van der Waals surface area contributed by atoms with Crippen molar-refractivity contribution in [2.75, 3.05) is 0 Å². The van der Waals surface area contributed by atoms with Gasteiger partial charge in [0.25, 0.3) is 0 Å². The summed E-state index contributed by atoms with van der Waals surface area (Å²) in [6.07, 6.45) is 0.896. The third-order valence-corrected chi connectivity index (χ3v) is 20.2. The van der Waals surface area contributed by atoms with E-state index in [0.29, 0.717) is 11.5 Å². The molecule has 6 heterocycles.